The van der Waals surface area contributed by atoms with Crippen LogP contribution in [-0.2, 0) is 0 Å². The van der Waals surface area contributed by atoms with Crippen LogP contribution in [0.4, 0.5) is 9.52 Å². The molecule has 0 saturated heterocycles. The number of hydrogen-bond donors (Lipinski definition) is 3. The molecule has 5 aromatic rings. The van der Waals surface area contributed by atoms with Crippen molar-refractivity contribution in [2.45, 2.75) is 18.8 Å². The number of benzene rings is 1. The van der Waals surface area contributed by atoms with Gasteiger partial charge in [0, 0.05) is 28.6 Å². The van der Waals surface area contributed by atoms with Gasteiger partial charge in [0.15, 0.2) is 5.13 Å². The van der Waals surface area contributed by atoms with Gasteiger partial charge < -0.3 is 15.2 Å². The van der Waals surface area contributed by atoms with Crippen molar-refractivity contribution >= 4 is 39.4 Å². The second-order valence-corrected chi connectivity index (χ2v) is 9.07. The first kappa shape index (κ1) is 21.2. The second kappa shape index (κ2) is 8.13. The molecule has 0 atom stereocenters. The lowest BCUT2D eigenvalue weighted by Crippen LogP contribution is -2.13. The summed E-state index contributed by atoms with van der Waals surface area (Å²) >= 11 is 1.23. The topological polar surface area (TPSA) is 140 Å². The molecule has 0 bridgehead atoms. The van der Waals surface area contributed by atoms with E-state index in [-0.39, 0.29) is 34.1 Å². The van der Waals surface area contributed by atoms with Crippen LogP contribution in [0, 0.1) is 5.82 Å². The molecule has 11 heteroatoms. The van der Waals surface area contributed by atoms with Crippen LogP contribution < -0.4 is 11.1 Å². The Morgan fingerprint density at radius 3 is 2.74 bits per heavy atom. The molecule has 1 aliphatic carbocycles. The zero-order valence-corrected chi connectivity index (χ0v) is 18.9. The van der Waals surface area contributed by atoms with E-state index in [2.05, 4.69) is 25.4 Å². The van der Waals surface area contributed by atoms with Gasteiger partial charge in [0.2, 0.25) is 0 Å². The lowest BCUT2D eigenvalue weighted by Gasteiger charge is -2.08. The molecular weight excluding hydrogens is 471 g/mol. The number of aromatic nitrogens is 4. The van der Waals surface area contributed by atoms with E-state index in [9.17, 15) is 14.0 Å². The van der Waals surface area contributed by atoms with Crippen LogP contribution in [0.25, 0.3) is 33.6 Å². The molecule has 6 rings (SSSR count). The number of halogens is 1. The Hall–Kier alpha value is -4.38. The Balaban J connectivity index is 1.38. The molecule has 0 radical (unpaired) electrons. The number of carbonyl (C=O) groups excluding carboxylic acids is 2. The number of thiazole rings is 1. The van der Waals surface area contributed by atoms with E-state index in [0.717, 1.165) is 12.8 Å². The molecule has 0 spiro atoms. The predicted molar refractivity (Wildman–Crippen MR) is 128 cm³/mol. The number of hydrogen-bond acceptors (Lipinski definition) is 7. The molecular formula is C24H17FN6O3S. The number of aromatic amines is 1. The van der Waals surface area contributed by atoms with E-state index in [0.29, 0.717) is 27.5 Å². The summed E-state index contributed by atoms with van der Waals surface area (Å²) in [6.45, 7) is 0. The molecule has 1 aromatic carbocycles. The minimum absolute atomic E-state index is 0.184. The maximum absolute atomic E-state index is 14.5. The second-order valence-electron chi connectivity index (χ2n) is 8.22. The summed E-state index contributed by atoms with van der Waals surface area (Å²) < 4.78 is 19.9. The number of fused-ring (bicyclic) bond motifs is 1. The number of amides is 2. The lowest BCUT2D eigenvalue weighted by molar-refractivity contribution is 0.0994. The molecule has 1 saturated carbocycles. The van der Waals surface area contributed by atoms with E-state index < -0.39 is 17.6 Å². The minimum Gasteiger partial charge on any atom is -0.364 e. The standard InChI is InChI=1S/C24H17FN6O3S/c25-15-4-2-1-3-13(15)16-8-14(19-20(11-5-6-11)31-34-23(19)28-16)22(33)30-24-29-18(10-35-24)12-7-17(21(26)32)27-9-12/h1-4,7-11,27H,5-6H2,(H2,26,32)(H,29,30,33). The summed E-state index contributed by atoms with van der Waals surface area (Å²) in [4.78, 5) is 36.5. The highest BCUT2D eigenvalue weighted by atomic mass is 32.1. The van der Waals surface area contributed by atoms with Gasteiger partial charge in [-0.2, -0.15) is 0 Å². The van der Waals surface area contributed by atoms with Crippen molar-refractivity contribution in [2.75, 3.05) is 5.32 Å². The van der Waals surface area contributed by atoms with Crippen LogP contribution in [0.5, 0.6) is 0 Å². The van der Waals surface area contributed by atoms with Crippen molar-refractivity contribution in [1.82, 2.24) is 20.1 Å². The summed E-state index contributed by atoms with van der Waals surface area (Å²) in [7, 11) is 0. The maximum atomic E-state index is 14.5. The molecule has 0 aliphatic heterocycles. The Bertz CT molecular complexity index is 1620. The zero-order valence-electron chi connectivity index (χ0n) is 18.0. The fourth-order valence-corrected chi connectivity index (χ4v) is 4.62. The Morgan fingerprint density at radius 1 is 1.17 bits per heavy atom. The fourth-order valence-electron chi connectivity index (χ4n) is 3.91. The summed E-state index contributed by atoms with van der Waals surface area (Å²) in [5, 5.41) is 9.61. The summed E-state index contributed by atoms with van der Waals surface area (Å²) in [5.41, 5.74) is 8.47. The molecule has 1 aliphatic rings. The third-order valence-electron chi connectivity index (χ3n) is 5.80. The molecule has 9 nitrogen and oxygen atoms in total. The highest BCUT2D eigenvalue weighted by Crippen LogP contribution is 2.43. The predicted octanol–water partition coefficient (Wildman–Crippen LogP) is 4.71. The molecule has 174 valence electrons. The fraction of sp³-hybridized carbons (Fsp3) is 0.125. The smallest absolute Gasteiger partial charge is 0.265 e. The van der Waals surface area contributed by atoms with Crippen LogP contribution in [0.15, 0.2) is 52.5 Å². The number of primary amides is 1. The molecule has 2 amide bonds. The Labute approximate surface area is 201 Å². The monoisotopic (exact) mass is 488 g/mol. The van der Waals surface area contributed by atoms with Gasteiger partial charge in [-0.3, -0.25) is 14.9 Å². The van der Waals surface area contributed by atoms with Crippen molar-refractivity contribution in [2.24, 2.45) is 5.73 Å². The number of anilines is 1. The number of H-pyrrole nitrogens is 1. The van der Waals surface area contributed by atoms with E-state index in [4.69, 9.17) is 10.3 Å². The van der Waals surface area contributed by atoms with Crippen LogP contribution in [-0.4, -0.2) is 31.9 Å². The van der Waals surface area contributed by atoms with Crippen molar-refractivity contribution in [3.05, 3.63) is 70.7 Å². The van der Waals surface area contributed by atoms with E-state index in [1.54, 1.807) is 41.9 Å². The van der Waals surface area contributed by atoms with Gasteiger partial charge in [-0.05, 0) is 37.1 Å². The van der Waals surface area contributed by atoms with Gasteiger partial charge in [-0.15, -0.1) is 11.3 Å². The molecule has 4 N–H and O–H groups in total. The van der Waals surface area contributed by atoms with Gasteiger partial charge in [-0.1, -0.05) is 17.3 Å². The van der Waals surface area contributed by atoms with E-state index in [1.807, 2.05) is 0 Å². The molecule has 1 fully saturated rings. The van der Waals surface area contributed by atoms with Gasteiger partial charge >= 0.3 is 0 Å². The van der Waals surface area contributed by atoms with Crippen molar-refractivity contribution in [1.29, 1.82) is 0 Å². The van der Waals surface area contributed by atoms with E-state index in [1.165, 1.54) is 17.4 Å². The quantitative estimate of drug-likeness (QED) is 0.316. The summed E-state index contributed by atoms with van der Waals surface area (Å²) in [5.74, 6) is -1.26. The molecule has 35 heavy (non-hydrogen) atoms. The molecule has 4 heterocycles. The third kappa shape index (κ3) is 3.85. The summed E-state index contributed by atoms with van der Waals surface area (Å²) in [6, 6.07) is 9.35. The van der Waals surface area contributed by atoms with E-state index >= 15 is 0 Å². The van der Waals surface area contributed by atoms with Crippen molar-refractivity contribution in [3.63, 3.8) is 0 Å². The maximum Gasteiger partial charge on any atom is 0.265 e. The highest BCUT2D eigenvalue weighted by Gasteiger charge is 2.32. The van der Waals surface area contributed by atoms with Crippen molar-refractivity contribution < 1.29 is 18.5 Å². The van der Waals surface area contributed by atoms with Crippen LogP contribution in [0.3, 0.4) is 0 Å². The SMILES string of the molecule is NC(=O)c1cc(-c2csc(NC(=O)c3cc(-c4ccccc4F)nc4onc(C5CC5)c34)n2)c[nH]1. The number of pyridine rings is 1. The molecule has 0 unspecified atom stereocenters. The molecule has 4 aromatic heterocycles. The first-order valence-corrected chi connectivity index (χ1v) is 11.7. The average Bonchev–Trinajstić information content (AvgIpc) is 3.24. The largest absolute Gasteiger partial charge is 0.364 e. The van der Waals surface area contributed by atoms with Crippen LogP contribution >= 0.6 is 11.3 Å². The van der Waals surface area contributed by atoms with Gasteiger partial charge in [0.25, 0.3) is 17.5 Å². The van der Waals surface area contributed by atoms with Crippen LogP contribution in [0.2, 0.25) is 0 Å². The Kier molecular flexibility index (Phi) is 4.92. The number of nitrogens with one attached hydrogen (secondary N) is 2. The van der Waals surface area contributed by atoms with Gasteiger partial charge in [0.1, 0.15) is 11.5 Å². The minimum atomic E-state index is -0.576. The highest BCUT2D eigenvalue weighted by molar-refractivity contribution is 7.14. The third-order valence-corrected chi connectivity index (χ3v) is 6.56. The normalized spacial score (nSPS) is 13.3. The number of rotatable bonds is 6. The van der Waals surface area contributed by atoms with Gasteiger partial charge in [0.05, 0.1) is 28.0 Å². The first-order chi connectivity index (χ1) is 17.0. The number of carbonyl (C=O) groups is 2. The van der Waals surface area contributed by atoms with Crippen LogP contribution in [0.1, 0.15) is 45.3 Å². The van der Waals surface area contributed by atoms with Gasteiger partial charge in [-0.25, -0.2) is 14.4 Å². The van der Waals surface area contributed by atoms with Crippen molar-refractivity contribution in [3.8, 4) is 22.5 Å². The lowest BCUT2D eigenvalue weighted by atomic mass is 10.0. The zero-order chi connectivity index (χ0) is 24.1. The first-order valence-electron chi connectivity index (χ1n) is 10.8. The number of nitrogens with zero attached hydrogens (tertiary/aromatic N) is 3. The number of nitrogens with two attached hydrogens (primary N) is 1. The Morgan fingerprint density at radius 2 is 2.00 bits per heavy atom. The summed E-state index contributed by atoms with van der Waals surface area (Å²) in [6.07, 6.45) is 3.53. The average molecular weight is 489 g/mol.